The van der Waals surface area contributed by atoms with Crippen molar-refractivity contribution >= 4 is 43.6 Å². The Labute approximate surface area is 354 Å². The molecular weight excluding hydrogens is 772 g/mol. The third-order valence-electron chi connectivity index (χ3n) is 10.7. The fraction of sp³-hybridized carbons (Fsp3) is 0. The minimum Gasteiger partial charge on any atom is -0.278 e. The van der Waals surface area contributed by atoms with E-state index in [-0.39, 0.29) is 32.7 Å². The molecule has 11 aromatic rings. The molecule has 8 aromatic carbocycles. The van der Waals surface area contributed by atoms with E-state index in [0.29, 0.717) is 17.7 Å². The predicted molar refractivity (Wildman–Crippen MR) is 228 cm³/mol. The molecule has 0 aliphatic heterocycles. The Hall–Kier alpha value is -6.53. The van der Waals surface area contributed by atoms with Crippen LogP contribution in [0.2, 0.25) is 0 Å². The molecule has 0 unspecified atom stereocenters. The molecule has 57 heavy (non-hydrogen) atoms. The number of fused-ring (bicyclic) bond motifs is 6. The standard InChI is InChI=1S/C51H31N5.Y/c1-4-18-34(19-5-1)37-32-33-38(35-20-6-2-7-21-35)48(47(37)36-22-8-3-9-23-36)49-52-50(55-43-28-14-10-24-39(43)40-25-11-15-29-44(40)55)54-51(53-49)56-45-30-16-12-26-41(45)42-27-13-17-31-46(42)56;/h1-18,20-31,33H;/q-2;. The molecule has 3 heterocycles. The molecule has 0 aliphatic carbocycles. The van der Waals surface area contributed by atoms with Gasteiger partial charge in [-0.1, -0.05) is 156 Å². The molecule has 0 atom stereocenters. The van der Waals surface area contributed by atoms with Crippen LogP contribution in [0.4, 0.5) is 0 Å². The van der Waals surface area contributed by atoms with Crippen LogP contribution in [-0.2, 0) is 32.7 Å². The number of para-hydroxylation sites is 4. The second-order valence-electron chi connectivity index (χ2n) is 13.8. The molecule has 5 nitrogen and oxygen atoms in total. The molecule has 0 aliphatic rings. The summed E-state index contributed by atoms with van der Waals surface area (Å²) in [4.78, 5) is 16.5. The first kappa shape index (κ1) is 34.9. The van der Waals surface area contributed by atoms with Gasteiger partial charge in [0.25, 0.3) is 0 Å². The van der Waals surface area contributed by atoms with Crippen LogP contribution in [0.5, 0.6) is 0 Å². The molecular formula is C51H31N5Y-2. The second kappa shape index (κ2) is 14.5. The topological polar surface area (TPSA) is 48.5 Å². The number of hydrogen-bond acceptors (Lipinski definition) is 3. The van der Waals surface area contributed by atoms with Gasteiger partial charge in [-0.2, -0.15) is 45.3 Å². The maximum Gasteiger partial charge on any atom is 0.240 e. The van der Waals surface area contributed by atoms with Crippen molar-refractivity contribution in [3.63, 3.8) is 0 Å². The van der Waals surface area contributed by atoms with Gasteiger partial charge in [-0.15, -0.1) is 17.7 Å². The third-order valence-corrected chi connectivity index (χ3v) is 10.7. The van der Waals surface area contributed by atoms with E-state index in [1.165, 1.54) is 0 Å². The van der Waals surface area contributed by atoms with Gasteiger partial charge in [0.1, 0.15) is 5.82 Å². The maximum atomic E-state index is 5.53. The van der Waals surface area contributed by atoms with Crippen LogP contribution in [0.3, 0.4) is 0 Å². The summed E-state index contributed by atoms with van der Waals surface area (Å²) in [6.45, 7) is 0. The van der Waals surface area contributed by atoms with Crippen molar-refractivity contribution in [2.75, 3.05) is 0 Å². The molecule has 0 fully saturated rings. The number of aromatic nitrogens is 5. The molecule has 1 radical (unpaired) electrons. The largest absolute Gasteiger partial charge is 0.278 e. The Bertz CT molecular complexity index is 3000. The van der Waals surface area contributed by atoms with E-state index in [0.717, 1.165) is 82.6 Å². The first-order valence-corrected chi connectivity index (χ1v) is 18.7. The van der Waals surface area contributed by atoms with Gasteiger partial charge in [-0.3, -0.25) is 9.13 Å². The van der Waals surface area contributed by atoms with Crippen LogP contribution >= 0.6 is 0 Å². The molecule has 0 N–H and O–H groups in total. The zero-order chi connectivity index (χ0) is 37.0. The van der Waals surface area contributed by atoms with Crippen LogP contribution < -0.4 is 0 Å². The van der Waals surface area contributed by atoms with Crippen molar-refractivity contribution in [3.05, 3.63) is 200 Å². The minimum absolute atomic E-state index is 0. The Morgan fingerprint density at radius 2 is 0.825 bits per heavy atom. The van der Waals surface area contributed by atoms with Crippen LogP contribution in [0.15, 0.2) is 188 Å². The van der Waals surface area contributed by atoms with Crippen molar-refractivity contribution in [1.82, 2.24) is 24.1 Å². The quantitative estimate of drug-likeness (QED) is 0.157. The SMILES string of the molecule is [Y].[c-]1ccccc1-c1[c-]cc(-c2ccccc2)c(-c2nc(-n3c4ccccc4c4ccccc43)nc(-n3c4ccccc4c4ccccc43)n2)c1-c1ccccc1. The van der Waals surface area contributed by atoms with Gasteiger partial charge in [-0.05, 0) is 24.3 Å². The van der Waals surface area contributed by atoms with Crippen molar-refractivity contribution in [2.24, 2.45) is 0 Å². The fourth-order valence-electron chi connectivity index (χ4n) is 8.22. The molecule has 3 aromatic heterocycles. The molecule has 0 bridgehead atoms. The van der Waals surface area contributed by atoms with Crippen molar-refractivity contribution in [3.8, 4) is 56.7 Å². The van der Waals surface area contributed by atoms with E-state index < -0.39 is 0 Å². The van der Waals surface area contributed by atoms with E-state index in [2.05, 4.69) is 179 Å². The number of hydrogen-bond donors (Lipinski definition) is 0. The van der Waals surface area contributed by atoms with E-state index in [1.807, 2.05) is 30.3 Å². The van der Waals surface area contributed by atoms with Crippen molar-refractivity contribution in [1.29, 1.82) is 0 Å². The Morgan fingerprint density at radius 3 is 1.30 bits per heavy atom. The summed E-state index contributed by atoms with van der Waals surface area (Å²) in [5, 5.41) is 4.54. The zero-order valence-electron chi connectivity index (χ0n) is 30.7. The maximum absolute atomic E-state index is 5.53. The minimum atomic E-state index is 0. The normalized spacial score (nSPS) is 11.4. The second-order valence-corrected chi connectivity index (χ2v) is 13.8. The number of nitrogens with zero attached hydrogens (tertiary/aromatic N) is 5. The predicted octanol–water partition coefficient (Wildman–Crippen LogP) is 12.3. The Kier molecular flexibility index (Phi) is 8.90. The molecule has 11 rings (SSSR count). The van der Waals surface area contributed by atoms with Gasteiger partial charge in [-0.25, -0.2) is 11.1 Å². The van der Waals surface area contributed by atoms with E-state index in [1.54, 1.807) is 0 Å². The van der Waals surface area contributed by atoms with Crippen LogP contribution in [0, 0.1) is 12.1 Å². The summed E-state index contributed by atoms with van der Waals surface area (Å²) in [6, 6.07) is 72.2. The van der Waals surface area contributed by atoms with Gasteiger partial charge in [0.2, 0.25) is 11.9 Å². The third kappa shape index (κ3) is 5.82. The fourth-order valence-corrected chi connectivity index (χ4v) is 8.22. The summed E-state index contributed by atoms with van der Waals surface area (Å²) >= 11 is 0. The Morgan fingerprint density at radius 1 is 0.386 bits per heavy atom. The van der Waals surface area contributed by atoms with Crippen LogP contribution in [0.1, 0.15) is 0 Å². The smallest absolute Gasteiger partial charge is 0.240 e. The zero-order valence-corrected chi connectivity index (χ0v) is 33.5. The summed E-state index contributed by atoms with van der Waals surface area (Å²) < 4.78 is 4.36. The first-order valence-electron chi connectivity index (χ1n) is 18.7. The first-order chi connectivity index (χ1) is 27.8. The van der Waals surface area contributed by atoms with Gasteiger partial charge in [0.05, 0.1) is 22.1 Å². The number of rotatable bonds is 6. The monoisotopic (exact) mass is 802 g/mol. The molecule has 0 saturated heterocycles. The summed E-state index contributed by atoms with van der Waals surface area (Å²) in [7, 11) is 0. The van der Waals surface area contributed by atoms with Crippen LogP contribution in [0.25, 0.3) is 100 Å². The summed E-state index contributed by atoms with van der Waals surface area (Å²) in [6.07, 6.45) is 0. The molecule has 265 valence electrons. The molecule has 0 spiro atoms. The molecule has 6 heteroatoms. The number of benzene rings is 8. The molecule has 0 saturated carbocycles. The van der Waals surface area contributed by atoms with Gasteiger partial charge < -0.3 is 0 Å². The Balaban J connectivity index is 0.00000396. The summed E-state index contributed by atoms with van der Waals surface area (Å²) in [5.41, 5.74) is 10.8. The van der Waals surface area contributed by atoms with E-state index >= 15 is 0 Å². The molecule has 0 amide bonds. The average molecular weight is 803 g/mol. The van der Waals surface area contributed by atoms with Gasteiger partial charge >= 0.3 is 0 Å². The van der Waals surface area contributed by atoms with Gasteiger partial charge in [0.15, 0.2) is 0 Å². The van der Waals surface area contributed by atoms with E-state index in [9.17, 15) is 0 Å². The average Bonchev–Trinajstić information content (AvgIpc) is 3.80. The van der Waals surface area contributed by atoms with Crippen molar-refractivity contribution < 1.29 is 32.7 Å². The van der Waals surface area contributed by atoms with E-state index in [4.69, 9.17) is 15.0 Å². The van der Waals surface area contributed by atoms with Crippen molar-refractivity contribution in [2.45, 2.75) is 0 Å². The van der Waals surface area contributed by atoms with Gasteiger partial charge in [0, 0.05) is 54.3 Å². The summed E-state index contributed by atoms with van der Waals surface area (Å²) in [5.74, 6) is 1.61. The van der Waals surface area contributed by atoms with Crippen LogP contribution in [-0.4, -0.2) is 24.1 Å².